The first-order valence-electron chi connectivity index (χ1n) is 7.71. The summed E-state index contributed by atoms with van der Waals surface area (Å²) in [5.74, 6) is 0.412. The minimum absolute atomic E-state index is 0.0177. The van der Waals surface area contributed by atoms with Crippen LogP contribution in [0.4, 0.5) is 5.69 Å². The van der Waals surface area contributed by atoms with Gasteiger partial charge in [0.2, 0.25) is 0 Å². The largest absolute Gasteiger partial charge is 0.397 e. The second kappa shape index (κ2) is 8.62. The molecule has 0 saturated carbocycles. The Morgan fingerprint density at radius 1 is 1.24 bits per heavy atom. The predicted molar refractivity (Wildman–Crippen MR) is 87.2 cm³/mol. The first-order valence-corrected chi connectivity index (χ1v) is 7.71. The number of amides is 1. The van der Waals surface area contributed by atoms with E-state index in [0.717, 1.165) is 32.7 Å². The van der Waals surface area contributed by atoms with Crippen LogP contribution in [-0.4, -0.2) is 53.4 Å². The van der Waals surface area contributed by atoms with Crippen LogP contribution in [0.5, 0.6) is 0 Å². The van der Waals surface area contributed by atoms with Gasteiger partial charge in [0.25, 0.3) is 5.91 Å². The van der Waals surface area contributed by atoms with Gasteiger partial charge in [0, 0.05) is 19.6 Å². The molecular weight excluding hydrogens is 264 g/mol. The number of pyridine rings is 1. The summed E-state index contributed by atoms with van der Waals surface area (Å²) in [6.45, 7) is 12.9. The molecule has 0 unspecified atom stereocenters. The van der Waals surface area contributed by atoms with Gasteiger partial charge in [0.15, 0.2) is 0 Å². The van der Waals surface area contributed by atoms with Gasteiger partial charge in [-0.1, -0.05) is 27.7 Å². The normalized spacial score (nSPS) is 11.1. The highest BCUT2D eigenvalue weighted by atomic mass is 16.2. The van der Waals surface area contributed by atoms with Gasteiger partial charge in [-0.05, 0) is 31.1 Å². The van der Waals surface area contributed by atoms with E-state index >= 15 is 0 Å². The fourth-order valence-corrected chi connectivity index (χ4v) is 2.21. The third-order valence-electron chi connectivity index (χ3n) is 3.46. The maximum atomic E-state index is 12.6. The Bertz CT molecular complexity index is 426. The predicted octanol–water partition coefficient (Wildman–Crippen LogP) is 2.10. The fraction of sp³-hybridized carbons (Fsp3) is 0.625. The Balaban J connectivity index is 2.76. The Labute approximate surface area is 128 Å². The number of hydrogen-bond acceptors (Lipinski definition) is 4. The molecule has 0 bridgehead atoms. The van der Waals surface area contributed by atoms with Crippen LogP contribution in [-0.2, 0) is 0 Å². The number of likely N-dealkylation sites (N-methyl/N-ethyl adjacent to an activating group) is 1. The van der Waals surface area contributed by atoms with E-state index in [2.05, 4.69) is 37.6 Å². The van der Waals surface area contributed by atoms with Crippen molar-refractivity contribution < 1.29 is 4.79 Å². The van der Waals surface area contributed by atoms with Crippen LogP contribution in [0, 0.1) is 5.92 Å². The summed E-state index contributed by atoms with van der Waals surface area (Å²) >= 11 is 0. The molecule has 0 spiro atoms. The Morgan fingerprint density at radius 2 is 1.90 bits per heavy atom. The molecule has 1 aromatic heterocycles. The fourth-order valence-electron chi connectivity index (χ4n) is 2.21. The summed E-state index contributed by atoms with van der Waals surface area (Å²) in [5.41, 5.74) is 6.66. The number of hydrogen-bond donors (Lipinski definition) is 1. The Hall–Kier alpha value is -1.62. The molecule has 21 heavy (non-hydrogen) atoms. The van der Waals surface area contributed by atoms with Crippen molar-refractivity contribution in [2.45, 2.75) is 27.7 Å². The molecule has 118 valence electrons. The highest BCUT2D eigenvalue weighted by Crippen LogP contribution is 2.08. The monoisotopic (exact) mass is 292 g/mol. The van der Waals surface area contributed by atoms with Crippen molar-refractivity contribution in [3.63, 3.8) is 0 Å². The standard InChI is InChI=1S/C16H28N4O/c1-5-19(6-2)9-10-20(12-13(3)4)16(21)15-8-7-14(17)11-18-15/h7-8,11,13H,5-6,9-10,12,17H2,1-4H3. The lowest BCUT2D eigenvalue weighted by Gasteiger charge is -2.27. The van der Waals surface area contributed by atoms with Crippen molar-refractivity contribution in [2.75, 3.05) is 38.5 Å². The number of nitrogen functional groups attached to an aromatic ring is 1. The summed E-state index contributed by atoms with van der Waals surface area (Å²) in [6.07, 6.45) is 1.53. The van der Waals surface area contributed by atoms with Gasteiger partial charge < -0.3 is 15.5 Å². The molecule has 0 aliphatic rings. The van der Waals surface area contributed by atoms with Crippen LogP contribution >= 0.6 is 0 Å². The molecule has 5 nitrogen and oxygen atoms in total. The van der Waals surface area contributed by atoms with Crippen molar-refractivity contribution >= 4 is 11.6 Å². The molecule has 1 heterocycles. The lowest BCUT2D eigenvalue weighted by Crippen LogP contribution is -2.40. The van der Waals surface area contributed by atoms with E-state index in [1.807, 2.05) is 4.90 Å². The van der Waals surface area contributed by atoms with Crippen molar-refractivity contribution in [3.05, 3.63) is 24.0 Å². The van der Waals surface area contributed by atoms with Crippen molar-refractivity contribution in [1.29, 1.82) is 0 Å². The highest BCUT2D eigenvalue weighted by molar-refractivity contribution is 5.92. The van der Waals surface area contributed by atoms with Crippen LogP contribution in [0.15, 0.2) is 18.3 Å². The average molecular weight is 292 g/mol. The van der Waals surface area contributed by atoms with E-state index in [0.29, 0.717) is 17.3 Å². The quantitative estimate of drug-likeness (QED) is 0.797. The van der Waals surface area contributed by atoms with Crippen LogP contribution in [0.1, 0.15) is 38.2 Å². The van der Waals surface area contributed by atoms with Crippen molar-refractivity contribution in [3.8, 4) is 0 Å². The molecule has 0 fully saturated rings. The molecule has 0 aliphatic heterocycles. The van der Waals surface area contributed by atoms with Crippen molar-refractivity contribution in [1.82, 2.24) is 14.8 Å². The summed E-state index contributed by atoms with van der Waals surface area (Å²) in [4.78, 5) is 20.9. The molecule has 0 aromatic carbocycles. The molecule has 1 rings (SSSR count). The summed E-state index contributed by atoms with van der Waals surface area (Å²) in [7, 11) is 0. The average Bonchev–Trinajstić information content (AvgIpc) is 2.46. The lowest BCUT2D eigenvalue weighted by atomic mass is 10.2. The summed E-state index contributed by atoms with van der Waals surface area (Å²) < 4.78 is 0. The lowest BCUT2D eigenvalue weighted by molar-refractivity contribution is 0.0710. The van der Waals surface area contributed by atoms with Crippen LogP contribution < -0.4 is 5.73 Å². The minimum Gasteiger partial charge on any atom is -0.397 e. The van der Waals surface area contributed by atoms with Gasteiger partial charge in [0.1, 0.15) is 5.69 Å². The smallest absolute Gasteiger partial charge is 0.272 e. The topological polar surface area (TPSA) is 62.5 Å². The summed E-state index contributed by atoms with van der Waals surface area (Å²) in [6, 6.07) is 3.42. The molecule has 0 saturated heterocycles. The SMILES string of the molecule is CCN(CC)CCN(CC(C)C)C(=O)c1ccc(N)cn1. The zero-order valence-electron chi connectivity index (χ0n) is 13.7. The van der Waals surface area contributed by atoms with E-state index in [1.54, 1.807) is 12.1 Å². The Morgan fingerprint density at radius 3 is 2.38 bits per heavy atom. The van der Waals surface area contributed by atoms with Gasteiger partial charge in [-0.15, -0.1) is 0 Å². The molecule has 0 radical (unpaired) electrons. The molecule has 2 N–H and O–H groups in total. The summed E-state index contributed by atoms with van der Waals surface area (Å²) in [5, 5.41) is 0. The molecule has 1 amide bonds. The first-order chi connectivity index (χ1) is 9.97. The second-order valence-electron chi connectivity index (χ2n) is 5.65. The molecule has 0 atom stereocenters. The van der Waals surface area contributed by atoms with Gasteiger partial charge in [-0.25, -0.2) is 4.98 Å². The maximum Gasteiger partial charge on any atom is 0.272 e. The number of aromatic nitrogens is 1. The Kier molecular flexibility index (Phi) is 7.15. The first kappa shape index (κ1) is 17.4. The number of anilines is 1. The van der Waals surface area contributed by atoms with Gasteiger partial charge in [0.05, 0.1) is 11.9 Å². The number of rotatable bonds is 8. The van der Waals surface area contributed by atoms with E-state index in [4.69, 9.17) is 5.73 Å². The zero-order chi connectivity index (χ0) is 15.8. The van der Waals surface area contributed by atoms with Gasteiger partial charge in [-0.2, -0.15) is 0 Å². The highest BCUT2D eigenvalue weighted by Gasteiger charge is 2.18. The number of nitrogens with two attached hydrogens (primary N) is 1. The zero-order valence-corrected chi connectivity index (χ0v) is 13.7. The van der Waals surface area contributed by atoms with Gasteiger partial charge in [-0.3, -0.25) is 4.79 Å². The van der Waals surface area contributed by atoms with E-state index < -0.39 is 0 Å². The second-order valence-corrected chi connectivity index (χ2v) is 5.65. The van der Waals surface area contributed by atoms with Crippen LogP contribution in [0.2, 0.25) is 0 Å². The third-order valence-corrected chi connectivity index (χ3v) is 3.46. The van der Waals surface area contributed by atoms with E-state index in [9.17, 15) is 4.79 Å². The number of carbonyl (C=O) groups is 1. The minimum atomic E-state index is -0.0177. The van der Waals surface area contributed by atoms with E-state index in [1.165, 1.54) is 6.20 Å². The van der Waals surface area contributed by atoms with Crippen LogP contribution in [0.25, 0.3) is 0 Å². The van der Waals surface area contributed by atoms with E-state index in [-0.39, 0.29) is 5.91 Å². The van der Waals surface area contributed by atoms with Crippen LogP contribution in [0.3, 0.4) is 0 Å². The van der Waals surface area contributed by atoms with Crippen molar-refractivity contribution in [2.24, 2.45) is 5.92 Å². The molecule has 0 aliphatic carbocycles. The third kappa shape index (κ3) is 5.71. The molecule has 5 heteroatoms. The maximum absolute atomic E-state index is 12.6. The van der Waals surface area contributed by atoms with Gasteiger partial charge >= 0.3 is 0 Å². The number of nitrogens with zero attached hydrogens (tertiary/aromatic N) is 3. The molecular formula is C16H28N4O. The number of carbonyl (C=O) groups excluding carboxylic acids is 1. The molecule has 1 aromatic rings.